The number of rotatable bonds is 0. The molecule has 0 bridgehead atoms. The first-order chi connectivity index (χ1) is 8.93. The predicted molar refractivity (Wildman–Crippen MR) is 63.5 cm³/mol. The number of aromatic nitrogens is 6. The Labute approximate surface area is 101 Å². The summed E-state index contributed by atoms with van der Waals surface area (Å²) in [6.07, 6.45) is 9.50. The topological polar surface area (TPSA) is 93.4 Å². The Morgan fingerprint density at radius 2 is 1.89 bits per heavy atom. The molecule has 4 aromatic heterocycles. The van der Waals surface area contributed by atoms with Gasteiger partial charge >= 0.3 is 0 Å². The van der Waals surface area contributed by atoms with E-state index in [0.717, 1.165) is 11.0 Å². The predicted octanol–water partition coefficient (Wildman–Crippen LogP) is 1.58. The van der Waals surface area contributed by atoms with E-state index in [0.29, 0.717) is 11.2 Å². The molecule has 0 spiro atoms. The van der Waals surface area contributed by atoms with Gasteiger partial charge in [0.05, 0.1) is 23.4 Å². The molecule has 0 radical (unpaired) electrons. The van der Waals surface area contributed by atoms with Crippen molar-refractivity contribution >= 4 is 22.3 Å². The largest absolute Gasteiger partial charge is 0.440 e. The molecule has 18 heavy (non-hydrogen) atoms. The third-order valence-corrected chi connectivity index (χ3v) is 2.24. The molecule has 0 aliphatic carbocycles. The fourth-order valence-corrected chi connectivity index (χ4v) is 1.42. The second kappa shape index (κ2) is 4.58. The summed E-state index contributed by atoms with van der Waals surface area (Å²) in [7, 11) is 0. The van der Waals surface area contributed by atoms with Crippen LogP contribution in [0.4, 0.5) is 0 Å². The van der Waals surface area contributed by atoms with E-state index in [1.54, 1.807) is 12.4 Å². The van der Waals surface area contributed by atoms with Crippen LogP contribution in [0.5, 0.6) is 0 Å². The number of aromatic amines is 1. The standard InChI is InChI=1S/C6H5N3.C5H3N3O/c1-2-8-6-3-7-4-9-5(1)6;1-4-5(7-2-6-1)8-3-9-4/h1-4,8H;1-3H. The van der Waals surface area contributed by atoms with Gasteiger partial charge in [0.25, 0.3) is 0 Å². The summed E-state index contributed by atoms with van der Waals surface area (Å²) in [5.74, 6) is 0. The highest BCUT2D eigenvalue weighted by Gasteiger charge is 1.94. The molecular formula is C11H8N6O. The Bertz CT molecular complexity index is 636. The summed E-state index contributed by atoms with van der Waals surface area (Å²) in [4.78, 5) is 22.2. The van der Waals surface area contributed by atoms with Gasteiger partial charge in [0.1, 0.15) is 12.7 Å². The normalized spacial score (nSPS) is 10.2. The van der Waals surface area contributed by atoms with Gasteiger partial charge in [-0.25, -0.2) is 19.9 Å². The van der Waals surface area contributed by atoms with Crippen LogP contribution >= 0.6 is 0 Å². The van der Waals surface area contributed by atoms with Crippen LogP contribution in [0.1, 0.15) is 0 Å². The highest BCUT2D eigenvalue weighted by atomic mass is 16.3. The van der Waals surface area contributed by atoms with Gasteiger partial charge in [0.15, 0.2) is 12.0 Å². The van der Waals surface area contributed by atoms with Crippen LogP contribution in [-0.2, 0) is 0 Å². The lowest BCUT2D eigenvalue weighted by Crippen LogP contribution is -1.75. The van der Waals surface area contributed by atoms with Crippen molar-refractivity contribution in [2.45, 2.75) is 0 Å². The molecule has 0 atom stereocenters. The Kier molecular flexibility index (Phi) is 2.63. The molecular weight excluding hydrogens is 232 g/mol. The van der Waals surface area contributed by atoms with Crippen LogP contribution in [-0.4, -0.2) is 29.9 Å². The van der Waals surface area contributed by atoms with Crippen molar-refractivity contribution in [1.29, 1.82) is 0 Å². The maximum Gasteiger partial charge on any atom is 0.201 e. The molecule has 88 valence electrons. The van der Waals surface area contributed by atoms with Gasteiger partial charge < -0.3 is 9.40 Å². The lowest BCUT2D eigenvalue weighted by Gasteiger charge is -1.82. The second-order valence-electron chi connectivity index (χ2n) is 3.36. The van der Waals surface area contributed by atoms with Crippen molar-refractivity contribution in [2.75, 3.05) is 0 Å². The molecule has 0 aliphatic heterocycles. The molecule has 0 saturated carbocycles. The first kappa shape index (κ1) is 10.3. The molecule has 0 aromatic carbocycles. The minimum atomic E-state index is 0.602. The highest BCUT2D eigenvalue weighted by Crippen LogP contribution is 2.04. The van der Waals surface area contributed by atoms with Crippen molar-refractivity contribution < 1.29 is 4.42 Å². The molecule has 4 aromatic rings. The van der Waals surface area contributed by atoms with Crippen LogP contribution in [0.25, 0.3) is 22.3 Å². The SMILES string of the molecule is c1ncc2[nH]ccc2n1.c1ncc2ocnc2n1. The molecule has 4 rings (SSSR count). The molecule has 1 N–H and O–H groups in total. The first-order valence-corrected chi connectivity index (χ1v) is 5.16. The van der Waals surface area contributed by atoms with Crippen molar-refractivity contribution in [2.24, 2.45) is 0 Å². The zero-order valence-corrected chi connectivity index (χ0v) is 9.19. The number of nitrogens with one attached hydrogen (secondary N) is 1. The maximum atomic E-state index is 4.88. The van der Waals surface area contributed by atoms with E-state index in [4.69, 9.17) is 4.42 Å². The number of hydrogen-bond donors (Lipinski definition) is 1. The van der Waals surface area contributed by atoms with E-state index < -0.39 is 0 Å². The summed E-state index contributed by atoms with van der Waals surface area (Å²) in [5.41, 5.74) is 3.17. The van der Waals surface area contributed by atoms with E-state index in [-0.39, 0.29) is 0 Å². The first-order valence-electron chi connectivity index (χ1n) is 5.16. The quantitative estimate of drug-likeness (QED) is 0.501. The molecule has 7 heteroatoms. The average Bonchev–Trinajstić information content (AvgIpc) is 3.08. The molecule has 7 nitrogen and oxygen atoms in total. The Morgan fingerprint density at radius 1 is 1.00 bits per heavy atom. The minimum Gasteiger partial charge on any atom is -0.440 e. The maximum absolute atomic E-state index is 4.88. The monoisotopic (exact) mass is 240 g/mol. The van der Waals surface area contributed by atoms with E-state index in [1.165, 1.54) is 19.0 Å². The van der Waals surface area contributed by atoms with Gasteiger partial charge in [-0.15, -0.1) is 0 Å². The van der Waals surface area contributed by atoms with Gasteiger partial charge in [-0.05, 0) is 6.07 Å². The van der Waals surface area contributed by atoms with E-state index in [2.05, 4.69) is 29.9 Å². The average molecular weight is 240 g/mol. The minimum absolute atomic E-state index is 0.602. The van der Waals surface area contributed by atoms with Crippen molar-refractivity contribution in [3.05, 3.63) is 43.7 Å². The zero-order chi connectivity index (χ0) is 12.2. The highest BCUT2D eigenvalue weighted by molar-refractivity contribution is 5.72. The van der Waals surface area contributed by atoms with Crippen LogP contribution in [0.3, 0.4) is 0 Å². The van der Waals surface area contributed by atoms with Gasteiger partial charge in [-0.1, -0.05) is 0 Å². The fraction of sp³-hybridized carbons (Fsp3) is 0. The smallest absolute Gasteiger partial charge is 0.201 e. The van der Waals surface area contributed by atoms with Crippen molar-refractivity contribution in [1.82, 2.24) is 29.9 Å². The summed E-state index contributed by atoms with van der Waals surface area (Å²) < 4.78 is 4.88. The number of nitrogens with zero attached hydrogens (tertiary/aromatic N) is 5. The van der Waals surface area contributed by atoms with Crippen LogP contribution in [0, 0.1) is 0 Å². The third-order valence-electron chi connectivity index (χ3n) is 2.24. The Hall–Kier alpha value is -2.83. The van der Waals surface area contributed by atoms with E-state index in [9.17, 15) is 0 Å². The summed E-state index contributed by atoms with van der Waals surface area (Å²) in [5, 5.41) is 0. The lowest BCUT2D eigenvalue weighted by atomic mass is 10.5. The number of H-pyrrole nitrogens is 1. The van der Waals surface area contributed by atoms with Gasteiger partial charge in [0, 0.05) is 6.20 Å². The summed E-state index contributed by atoms with van der Waals surface area (Å²) in [6, 6.07) is 1.91. The van der Waals surface area contributed by atoms with Crippen LogP contribution in [0.15, 0.2) is 48.1 Å². The van der Waals surface area contributed by atoms with Crippen molar-refractivity contribution in [3.8, 4) is 0 Å². The Balaban J connectivity index is 0.000000111. The summed E-state index contributed by atoms with van der Waals surface area (Å²) >= 11 is 0. The molecule has 0 saturated heterocycles. The Morgan fingerprint density at radius 3 is 2.78 bits per heavy atom. The van der Waals surface area contributed by atoms with E-state index >= 15 is 0 Å². The van der Waals surface area contributed by atoms with Crippen molar-refractivity contribution in [3.63, 3.8) is 0 Å². The molecule has 0 amide bonds. The van der Waals surface area contributed by atoms with Gasteiger partial charge in [-0.2, -0.15) is 4.98 Å². The van der Waals surface area contributed by atoms with Gasteiger partial charge in [-0.3, -0.25) is 0 Å². The van der Waals surface area contributed by atoms with Crippen LogP contribution < -0.4 is 0 Å². The second-order valence-corrected chi connectivity index (χ2v) is 3.36. The fourth-order valence-electron chi connectivity index (χ4n) is 1.42. The number of oxazole rings is 1. The molecule has 0 fully saturated rings. The van der Waals surface area contributed by atoms with Gasteiger partial charge in [0.2, 0.25) is 5.65 Å². The molecule has 0 unspecified atom stereocenters. The lowest BCUT2D eigenvalue weighted by molar-refractivity contribution is 0.600. The molecule has 4 heterocycles. The zero-order valence-electron chi connectivity index (χ0n) is 9.19. The number of hydrogen-bond acceptors (Lipinski definition) is 6. The van der Waals surface area contributed by atoms with Crippen LogP contribution in [0.2, 0.25) is 0 Å². The summed E-state index contributed by atoms with van der Waals surface area (Å²) in [6.45, 7) is 0. The van der Waals surface area contributed by atoms with E-state index in [1.807, 2.05) is 12.3 Å². The third kappa shape index (κ3) is 2.01. The number of fused-ring (bicyclic) bond motifs is 2. The molecule has 0 aliphatic rings.